The summed E-state index contributed by atoms with van der Waals surface area (Å²) in [4.78, 5) is 4.70. The molecule has 0 aliphatic rings. The number of hydrogen-bond donors (Lipinski definition) is 0. The number of benzene rings is 2. The Kier molecular flexibility index (Phi) is 5.43. The summed E-state index contributed by atoms with van der Waals surface area (Å²) in [6.45, 7) is 3.97. The SMILES string of the molecule is CCC(c1cc(F)ccc1F)C(C)c1nc(-c2ccc(C#N)cc2)cs1. The average Bonchev–Trinajstić information content (AvgIpc) is 3.15. The molecule has 132 valence electrons. The zero-order valence-corrected chi connectivity index (χ0v) is 15.4. The highest BCUT2D eigenvalue weighted by atomic mass is 32.1. The number of halogens is 2. The van der Waals surface area contributed by atoms with Crippen molar-refractivity contribution in [1.82, 2.24) is 4.98 Å². The molecule has 5 heteroatoms. The Morgan fingerprint density at radius 3 is 2.54 bits per heavy atom. The fourth-order valence-corrected chi connectivity index (χ4v) is 4.11. The van der Waals surface area contributed by atoms with Crippen LogP contribution in [-0.2, 0) is 0 Å². The summed E-state index contributed by atoms with van der Waals surface area (Å²) in [6, 6.07) is 13.0. The van der Waals surface area contributed by atoms with Crippen LogP contribution >= 0.6 is 11.3 Å². The van der Waals surface area contributed by atoms with Crippen molar-refractivity contribution in [2.75, 3.05) is 0 Å². The molecule has 2 aromatic carbocycles. The minimum Gasteiger partial charge on any atom is -0.241 e. The topological polar surface area (TPSA) is 36.7 Å². The molecule has 2 nitrogen and oxygen atoms in total. The normalized spacial score (nSPS) is 13.2. The van der Waals surface area contributed by atoms with E-state index in [2.05, 4.69) is 6.07 Å². The first-order valence-corrected chi connectivity index (χ1v) is 9.32. The predicted molar refractivity (Wildman–Crippen MR) is 100 cm³/mol. The zero-order valence-electron chi connectivity index (χ0n) is 14.5. The van der Waals surface area contributed by atoms with Gasteiger partial charge in [0.1, 0.15) is 11.6 Å². The van der Waals surface area contributed by atoms with E-state index in [9.17, 15) is 8.78 Å². The first kappa shape index (κ1) is 18.2. The number of hydrogen-bond acceptors (Lipinski definition) is 3. The van der Waals surface area contributed by atoms with Crippen LogP contribution in [0.25, 0.3) is 11.3 Å². The number of aromatic nitrogens is 1. The molecule has 0 saturated carbocycles. The molecule has 2 atom stereocenters. The highest BCUT2D eigenvalue weighted by Crippen LogP contribution is 2.39. The molecule has 1 aromatic heterocycles. The van der Waals surface area contributed by atoms with Crippen molar-refractivity contribution in [3.63, 3.8) is 0 Å². The third kappa shape index (κ3) is 3.66. The van der Waals surface area contributed by atoms with Crippen LogP contribution in [0.1, 0.15) is 48.2 Å². The largest absolute Gasteiger partial charge is 0.241 e. The van der Waals surface area contributed by atoms with E-state index in [0.29, 0.717) is 17.5 Å². The molecule has 0 aliphatic heterocycles. The lowest BCUT2D eigenvalue weighted by molar-refractivity contribution is 0.507. The Balaban J connectivity index is 1.89. The Morgan fingerprint density at radius 1 is 1.15 bits per heavy atom. The van der Waals surface area contributed by atoms with Crippen molar-refractivity contribution in [3.8, 4) is 17.3 Å². The molecule has 26 heavy (non-hydrogen) atoms. The molecule has 0 bridgehead atoms. The number of thiazole rings is 1. The van der Waals surface area contributed by atoms with Crippen molar-refractivity contribution in [3.05, 3.63) is 75.6 Å². The second-order valence-corrected chi connectivity index (χ2v) is 7.12. The molecule has 0 spiro atoms. The van der Waals surface area contributed by atoms with Crippen molar-refractivity contribution in [2.45, 2.75) is 32.1 Å². The van der Waals surface area contributed by atoms with Crippen LogP contribution in [0.5, 0.6) is 0 Å². The standard InChI is InChI=1S/C21H18F2N2S/c1-3-17(18-10-16(22)8-9-19(18)23)13(2)21-25-20(12-26-21)15-6-4-14(11-24)5-7-15/h4-10,12-13,17H,3H2,1-2H3. The first-order valence-electron chi connectivity index (χ1n) is 8.44. The third-order valence-corrected chi connectivity index (χ3v) is 5.67. The van der Waals surface area contributed by atoms with Crippen LogP contribution in [0.2, 0.25) is 0 Å². The van der Waals surface area contributed by atoms with Crippen molar-refractivity contribution in [2.24, 2.45) is 0 Å². The van der Waals surface area contributed by atoms with E-state index in [0.717, 1.165) is 22.3 Å². The maximum absolute atomic E-state index is 14.2. The maximum atomic E-state index is 14.2. The van der Waals surface area contributed by atoms with E-state index in [1.54, 1.807) is 12.1 Å². The number of rotatable bonds is 5. The van der Waals surface area contributed by atoms with Gasteiger partial charge in [0.2, 0.25) is 0 Å². The molecule has 0 amide bonds. The van der Waals surface area contributed by atoms with Crippen LogP contribution in [0.3, 0.4) is 0 Å². The van der Waals surface area contributed by atoms with Gasteiger partial charge in [0.15, 0.2) is 0 Å². The van der Waals surface area contributed by atoms with Crippen molar-refractivity contribution < 1.29 is 8.78 Å². The molecule has 0 fully saturated rings. The Bertz CT molecular complexity index is 941. The fourth-order valence-electron chi connectivity index (χ4n) is 3.16. The molecule has 3 aromatic rings. The fraction of sp³-hybridized carbons (Fsp3) is 0.238. The summed E-state index contributed by atoms with van der Waals surface area (Å²) in [5.74, 6) is -0.988. The van der Waals surface area contributed by atoms with Gasteiger partial charge in [0.05, 0.1) is 22.3 Å². The molecule has 1 heterocycles. The zero-order chi connectivity index (χ0) is 18.7. The van der Waals surface area contributed by atoms with Crippen molar-refractivity contribution in [1.29, 1.82) is 5.26 Å². The third-order valence-electron chi connectivity index (χ3n) is 4.62. The number of nitrogens with zero attached hydrogens (tertiary/aromatic N) is 2. The van der Waals surface area contributed by atoms with E-state index in [-0.39, 0.29) is 17.7 Å². The van der Waals surface area contributed by atoms with Crippen LogP contribution in [-0.4, -0.2) is 4.98 Å². The minimum absolute atomic E-state index is 0.0339. The van der Waals surface area contributed by atoms with Crippen LogP contribution in [0, 0.1) is 23.0 Å². The average molecular weight is 368 g/mol. The lowest BCUT2D eigenvalue weighted by atomic mass is 9.85. The number of nitriles is 1. The van der Waals surface area contributed by atoms with Crippen molar-refractivity contribution >= 4 is 11.3 Å². The van der Waals surface area contributed by atoms with Crippen LogP contribution in [0.15, 0.2) is 47.8 Å². The highest BCUT2D eigenvalue weighted by Gasteiger charge is 2.25. The van der Waals surface area contributed by atoms with Crippen LogP contribution < -0.4 is 0 Å². The highest BCUT2D eigenvalue weighted by molar-refractivity contribution is 7.10. The lowest BCUT2D eigenvalue weighted by Crippen LogP contribution is -2.10. The van der Waals surface area contributed by atoms with Crippen LogP contribution in [0.4, 0.5) is 8.78 Å². The lowest BCUT2D eigenvalue weighted by Gasteiger charge is -2.22. The summed E-state index contributed by atoms with van der Waals surface area (Å²) in [6.07, 6.45) is 0.688. The monoisotopic (exact) mass is 368 g/mol. The summed E-state index contributed by atoms with van der Waals surface area (Å²) in [5.41, 5.74) is 2.76. The van der Waals surface area contributed by atoms with Gasteiger partial charge in [-0.2, -0.15) is 5.26 Å². The maximum Gasteiger partial charge on any atom is 0.126 e. The van der Waals surface area contributed by atoms with Gasteiger partial charge in [-0.05, 0) is 48.2 Å². The second-order valence-electron chi connectivity index (χ2n) is 6.23. The molecule has 0 N–H and O–H groups in total. The Morgan fingerprint density at radius 2 is 1.88 bits per heavy atom. The Labute approximate surface area is 155 Å². The molecule has 3 rings (SSSR count). The van der Waals surface area contributed by atoms with Gasteiger partial charge in [0.25, 0.3) is 0 Å². The minimum atomic E-state index is -0.426. The van der Waals surface area contributed by atoms with Gasteiger partial charge in [-0.15, -0.1) is 11.3 Å². The van der Waals surface area contributed by atoms with E-state index < -0.39 is 5.82 Å². The summed E-state index contributed by atoms with van der Waals surface area (Å²) < 4.78 is 27.8. The van der Waals surface area contributed by atoms with Gasteiger partial charge < -0.3 is 0 Å². The van der Waals surface area contributed by atoms with Gasteiger partial charge in [-0.25, -0.2) is 13.8 Å². The summed E-state index contributed by atoms with van der Waals surface area (Å²) in [5, 5.41) is 11.7. The predicted octanol–water partition coefficient (Wildman–Crippen LogP) is 6.26. The van der Waals surface area contributed by atoms with Gasteiger partial charge in [-0.3, -0.25) is 0 Å². The summed E-state index contributed by atoms with van der Waals surface area (Å²) >= 11 is 1.52. The van der Waals surface area contributed by atoms with Gasteiger partial charge >= 0.3 is 0 Å². The van der Waals surface area contributed by atoms with E-state index in [1.807, 2.05) is 31.4 Å². The Hall–Kier alpha value is -2.58. The smallest absolute Gasteiger partial charge is 0.126 e. The molecule has 0 saturated heterocycles. The molecule has 2 unspecified atom stereocenters. The molecule has 0 radical (unpaired) electrons. The molecular formula is C21H18F2N2S. The molecular weight excluding hydrogens is 350 g/mol. The quantitative estimate of drug-likeness (QED) is 0.533. The van der Waals surface area contributed by atoms with E-state index in [1.165, 1.54) is 23.5 Å². The van der Waals surface area contributed by atoms with Gasteiger partial charge in [0, 0.05) is 16.9 Å². The second kappa shape index (κ2) is 7.76. The first-order chi connectivity index (χ1) is 12.5. The van der Waals surface area contributed by atoms with E-state index in [4.69, 9.17) is 10.2 Å². The van der Waals surface area contributed by atoms with E-state index >= 15 is 0 Å². The molecule has 0 aliphatic carbocycles. The summed E-state index contributed by atoms with van der Waals surface area (Å²) in [7, 11) is 0. The van der Waals surface area contributed by atoms with Gasteiger partial charge in [-0.1, -0.05) is 26.0 Å².